The van der Waals surface area contributed by atoms with Crippen molar-refractivity contribution in [3.05, 3.63) is 59.7 Å². The third kappa shape index (κ3) is 7.25. The number of hydrogen-bond donors (Lipinski definition) is 2. The molecule has 7 nitrogen and oxygen atoms in total. The van der Waals surface area contributed by atoms with Crippen molar-refractivity contribution in [3.63, 3.8) is 0 Å². The number of benzene rings is 2. The summed E-state index contributed by atoms with van der Waals surface area (Å²) in [6, 6.07) is 16.1. The number of nitrogens with zero attached hydrogens (tertiary/aromatic N) is 3. The standard InChI is InChI=1S/C25H35N5O2.HI/c1-5-19(2)28-24(31)21-10-8-9-20(17-21)18-27-25(26-3)30-15-13-29(14-16-30)22-11-6-7-12-23(22)32-4;/h6-12,17,19H,5,13-16,18H2,1-4H3,(H,26,27)(H,28,31);1H. The van der Waals surface area contributed by atoms with Gasteiger partial charge in [0.15, 0.2) is 5.96 Å². The lowest BCUT2D eigenvalue weighted by atomic mass is 10.1. The Morgan fingerprint density at radius 2 is 1.85 bits per heavy atom. The molecule has 0 aromatic heterocycles. The highest BCUT2D eigenvalue weighted by atomic mass is 127. The summed E-state index contributed by atoms with van der Waals surface area (Å²) < 4.78 is 5.52. The van der Waals surface area contributed by atoms with Gasteiger partial charge >= 0.3 is 0 Å². The first kappa shape index (κ1) is 26.8. The lowest BCUT2D eigenvalue weighted by Crippen LogP contribution is -2.52. The molecule has 1 saturated heterocycles. The minimum absolute atomic E-state index is 0. The van der Waals surface area contributed by atoms with Gasteiger partial charge in [0.1, 0.15) is 5.75 Å². The molecule has 1 amide bonds. The number of piperazine rings is 1. The number of hydrogen-bond acceptors (Lipinski definition) is 4. The summed E-state index contributed by atoms with van der Waals surface area (Å²) in [7, 11) is 3.52. The maximum absolute atomic E-state index is 12.4. The van der Waals surface area contributed by atoms with E-state index in [2.05, 4.69) is 38.4 Å². The van der Waals surface area contributed by atoms with Crippen LogP contribution in [0.25, 0.3) is 0 Å². The summed E-state index contributed by atoms with van der Waals surface area (Å²) in [5.41, 5.74) is 2.87. The fraction of sp³-hybridized carbons (Fsp3) is 0.440. The van der Waals surface area contributed by atoms with E-state index in [1.807, 2.05) is 56.4 Å². The average Bonchev–Trinajstić information content (AvgIpc) is 2.84. The summed E-state index contributed by atoms with van der Waals surface area (Å²) in [5.74, 6) is 1.75. The Bertz CT molecular complexity index is 929. The van der Waals surface area contributed by atoms with E-state index >= 15 is 0 Å². The fourth-order valence-corrected chi connectivity index (χ4v) is 3.80. The number of rotatable bonds is 7. The van der Waals surface area contributed by atoms with Crippen molar-refractivity contribution in [1.29, 1.82) is 0 Å². The molecule has 1 aliphatic heterocycles. The molecule has 0 saturated carbocycles. The second kappa shape index (κ2) is 13.3. The van der Waals surface area contributed by atoms with Crippen molar-refractivity contribution in [2.24, 2.45) is 4.99 Å². The molecule has 0 bridgehead atoms. The van der Waals surface area contributed by atoms with E-state index in [-0.39, 0.29) is 35.9 Å². The summed E-state index contributed by atoms with van der Waals surface area (Å²) in [6.07, 6.45) is 0.910. The van der Waals surface area contributed by atoms with Gasteiger partial charge in [-0.1, -0.05) is 31.2 Å². The lowest BCUT2D eigenvalue weighted by molar-refractivity contribution is 0.0939. The maximum Gasteiger partial charge on any atom is 0.251 e. The molecule has 1 aliphatic rings. The molecule has 2 N–H and O–H groups in total. The monoisotopic (exact) mass is 565 g/mol. The van der Waals surface area contributed by atoms with Crippen LogP contribution in [0.5, 0.6) is 5.75 Å². The number of ether oxygens (including phenoxy) is 1. The highest BCUT2D eigenvalue weighted by Crippen LogP contribution is 2.28. The fourth-order valence-electron chi connectivity index (χ4n) is 3.80. The Kier molecular flexibility index (Phi) is 10.8. The quantitative estimate of drug-likeness (QED) is 0.304. The minimum atomic E-state index is -0.0296. The first-order chi connectivity index (χ1) is 15.5. The van der Waals surface area contributed by atoms with Gasteiger partial charge in [0.2, 0.25) is 0 Å². The average molecular weight is 566 g/mol. The molecule has 1 unspecified atom stereocenters. The number of halogens is 1. The number of methoxy groups -OCH3 is 1. The lowest BCUT2D eigenvalue weighted by Gasteiger charge is -2.38. The van der Waals surface area contributed by atoms with Crippen LogP contribution < -0.4 is 20.3 Å². The maximum atomic E-state index is 12.4. The van der Waals surface area contributed by atoms with Crippen molar-refractivity contribution in [2.45, 2.75) is 32.9 Å². The molecule has 2 aromatic rings. The van der Waals surface area contributed by atoms with Gasteiger partial charge in [-0.2, -0.15) is 0 Å². The number of guanidine groups is 1. The van der Waals surface area contributed by atoms with Gasteiger partial charge in [-0.05, 0) is 43.2 Å². The number of anilines is 1. The molecule has 0 spiro atoms. The molecule has 1 fully saturated rings. The van der Waals surface area contributed by atoms with Crippen LogP contribution in [0.15, 0.2) is 53.5 Å². The topological polar surface area (TPSA) is 69.2 Å². The number of aliphatic imine (C=N–C) groups is 1. The van der Waals surface area contributed by atoms with Crippen LogP contribution in [0.1, 0.15) is 36.2 Å². The zero-order valence-electron chi connectivity index (χ0n) is 20.0. The predicted octanol–water partition coefficient (Wildman–Crippen LogP) is 3.74. The van der Waals surface area contributed by atoms with Crippen LogP contribution in [0, 0.1) is 0 Å². The van der Waals surface area contributed by atoms with Crippen LogP contribution in [0.2, 0.25) is 0 Å². The van der Waals surface area contributed by atoms with E-state index in [1.54, 1.807) is 7.11 Å². The third-order valence-corrected chi connectivity index (χ3v) is 5.85. The van der Waals surface area contributed by atoms with Crippen molar-refractivity contribution in [1.82, 2.24) is 15.5 Å². The van der Waals surface area contributed by atoms with Gasteiger partial charge in [-0.25, -0.2) is 0 Å². The minimum Gasteiger partial charge on any atom is -0.495 e. The van der Waals surface area contributed by atoms with Crippen molar-refractivity contribution in [3.8, 4) is 5.75 Å². The van der Waals surface area contributed by atoms with Crippen molar-refractivity contribution >= 4 is 41.5 Å². The molecule has 2 aromatic carbocycles. The molecule has 0 aliphatic carbocycles. The van der Waals surface area contributed by atoms with Gasteiger partial charge in [0, 0.05) is 51.4 Å². The van der Waals surface area contributed by atoms with Gasteiger partial charge in [0.05, 0.1) is 12.8 Å². The van der Waals surface area contributed by atoms with E-state index in [9.17, 15) is 4.79 Å². The van der Waals surface area contributed by atoms with E-state index < -0.39 is 0 Å². The molecule has 33 heavy (non-hydrogen) atoms. The normalized spacial score (nSPS) is 14.8. The van der Waals surface area contributed by atoms with Gasteiger partial charge in [0.25, 0.3) is 5.91 Å². The number of para-hydroxylation sites is 2. The Morgan fingerprint density at radius 1 is 1.12 bits per heavy atom. The molecule has 180 valence electrons. The molecule has 1 heterocycles. The molecule has 3 rings (SSSR count). The first-order valence-corrected chi connectivity index (χ1v) is 11.3. The highest BCUT2D eigenvalue weighted by molar-refractivity contribution is 14.0. The van der Waals surface area contributed by atoms with E-state index in [4.69, 9.17) is 4.74 Å². The Morgan fingerprint density at radius 3 is 2.52 bits per heavy atom. The molecule has 0 radical (unpaired) electrons. The zero-order chi connectivity index (χ0) is 22.9. The molecular formula is C25H36IN5O2. The largest absolute Gasteiger partial charge is 0.495 e. The predicted molar refractivity (Wildman–Crippen MR) is 146 cm³/mol. The van der Waals surface area contributed by atoms with Gasteiger partial charge < -0.3 is 25.2 Å². The summed E-state index contributed by atoms with van der Waals surface area (Å²) >= 11 is 0. The third-order valence-electron chi connectivity index (χ3n) is 5.85. The molecular weight excluding hydrogens is 529 g/mol. The number of nitrogens with one attached hydrogen (secondary N) is 2. The molecule has 8 heteroatoms. The summed E-state index contributed by atoms with van der Waals surface area (Å²) in [4.78, 5) is 21.5. The number of amides is 1. The highest BCUT2D eigenvalue weighted by Gasteiger charge is 2.21. The van der Waals surface area contributed by atoms with Crippen LogP contribution in [0.3, 0.4) is 0 Å². The summed E-state index contributed by atoms with van der Waals surface area (Å²) in [5, 5.41) is 6.47. The second-order valence-electron chi connectivity index (χ2n) is 8.03. The summed E-state index contributed by atoms with van der Waals surface area (Å²) in [6.45, 7) is 8.22. The Hall–Kier alpha value is -2.49. The van der Waals surface area contributed by atoms with Crippen LogP contribution in [-0.2, 0) is 6.54 Å². The van der Waals surface area contributed by atoms with Crippen LogP contribution in [-0.4, -0.2) is 63.1 Å². The Balaban J connectivity index is 0.00000385. The van der Waals surface area contributed by atoms with Crippen LogP contribution >= 0.6 is 24.0 Å². The number of carbonyl (C=O) groups excluding carboxylic acids is 1. The van der Waals surface area contributed by atoms with Crippen molar-refractivity contribution in [2.75, 3.05) is 45.2 Å². The van der Waals surface area contributed by atoms with Gasteiger partial charge in [-0.3, -0.25) is 9.79 Å². The van der Waals surface area contributed by atoms with Crippen molar-refractivity contribution < 1.29 is 9.53 Å². The van der Waals surface area contributed by atoms with E-state index in [0.717, 1.165) is 55.6 Å². The zero-order valence-corrected chi connectivity index (χ0v) is 22.3. The van der Waals surface area contributed by atoms with Crippen LogP contribution in [0.4, 0.5) is 5.69 Å². The van der Waals surface area contributed by atoms with E-state index in [1.165, 1.54) is 0 Å². The van der Waals surface area contributed by atoms with Gasteiger partial charge in [-0.15, -0.1) is 24.0 Å². The second-order valence-corrected chi connectivity index (χ2v) is 8.03. The first-order valence-electron chi connectivity index (χ1n) is 11.3. The number of carbonyl (C=O) groups is 1. The molecule has 1 atom stereocenters. The Labute approximate surface area is 214 Å². The smallest absolute Gasteiger partial charge is 0.251 e. The van der Waals surface area contributed by atoms with E-state index in [0.29, 0.717) is 12.1 Å². The SMILES string of the molecule is CCC(C)NC(=O)c1cccc(CNC(=NC)N2CCN(c3ccccc3OC)CC2)c1.I.